The summed E-state index contributed by atoms with van der Waals surface area (Å²) in [5.74, 6) is -0.723. The highest BCUT2D eigenvalue weighted by atomic mass is 35.5. The van der Waals surface area contributed by atoms with Gasteiger partial charge < -0.3 is 10.2 Å². The van der Waals surface area contributed by atoms with E-state index in [9.17, 15) is 9.59 Å². The summed E-state index contributed by atoms with van der Waals surface area (Å²) in [5, 5.41) is 13.6. The van der Waals surface area contributed by atoms with Gasteiger partial charge in [0.15, 0.2) is 0 Å². The van der Waals surface area contributed by atoms with E-state index in [4.69, 9.17) is 23.2 Å². The van der Waals surface area contributed by atoms with Crippen molar-refractivity contribution in [2.24, 2.45) is 0 Å². The van der Waals surface area contributed by atoms with E-state index in [1.165, 1.54) is 11.9 Å². The van der Waals surface area contributed by atoms with Gasteiger partial charge in [-0.2, -0.15) is 15.4 Å². The lowest BCUT2D eigenvalue weighted by Crippen LogP contribution is -2.35. The van der Waals surface area contributed by atoms with Crippen LogP contribution in [0, 0.1) is 0 Å². The van der Waals surface area contributed by atoms with Crippen LogP contribution in [-0.2, 0) is 4.79 Å². The van der Waals surface area contributed by atoms with Crippen molar-refractivity contribution in [3.8, 4) is 0 Å². The zero-order valence-electron chi connectivity index (χ0n) is 13.1. The Morgan fingerprint density at radius 1 is 1.12 bits per heavy atom. The molecular weight excluding hydrogens is 365 g/mol. The monoisotopic (exact) mass is 377 g/mol. The van der Waals surface area contributed by atoms with Crippen molar-refractivity contribution < 1.29 is 9.59 Å². The molecule has 1 aromatic heterocycles. The van der Waals surface area contributed by atoms with Crippen molar-refractivity contribution in [2.45, 2.75) is 0 Å². The zero-order valence-corrected chi connectivity index (χ0v) is 14.6. The zero-order chi connectivity index (χ0) is 18.0. The number of fused-ring (bicyclic) bond motifs is 1. The van der Waals surface area contributed by atoms with Crippen LogP contribution in [0.25, 0.3) is 11.0 Å². The van der Waals surface area contributed by atoms with E-state index in [0.29, 0.717) is 32.3 Å². The first-order chi connectivity index (χ1) is 12.0. The maximum absolute atomic E-state index is 12.5. The Hall–Kier alpha value is -2.64. The predicted molar refractivity (Wildman–Crippen MR) is 95.9 cm³/mol. The van der Waals surface area contributed by atoms with Crippen molar-refractivity contribution in [3.63, 3.8) is 0 Å². The molecule has 3 aromatic rings. The Balaban J connectivity index is 1.69. The number of benzene rings is 2. The maximum atomic E-state index is 12.5. The molecule has 9 heteroatoms. The van der Waals surface area contributed by atoms with Crippen LogP contribution in [-0.4, -0.2) is 45.7 Å². The summed E-state index contributed by atoms with van der Waals surface area (Å²) in [6, 6.07) is 9.84. The lowest BCUT2D eigenvalue weighted by Gasteiger charge is -2.17. The molecule has 0 aliphatic carbocycles. The number of carbonyl (C=O) groups excluding carboxylic acids is 2. The molecule has 0 fully saturated rings. The number of rotatable bonds is 4. The molecule has 0 bridgehead atoms. The quantitative estimate of drug-likeness (QED) is 0.730. The number of likely N-dealkylation sites (N-methyl/N-ethyl adjacent to an activating group) is 1. The van der Waals surface area contributed by atoms with Gasteiger partial charge in [-0.25, -0.2) is 0 Å². The molecule has 0 saturated carbocycles. The summed E-state index contributed by atoms with van der Waals surface area (Å²) in [4.78, 5) is 25.9. The minimum atomic E-state index is -0.409. The summed E-state index contributed by atoms with van der Waals surface area (Å²) >= 11 is 12.0. The second kappa shape index (κ2) is 7.08. The molecule has 0 atom stereocenters. The van der Waals surface area contributed by atoms with Gasteiger partial charge in [0.25, 0.3) is 5.91 Å². The van der Waals surface area contributed by atoms with Crippen LogP contribution in [0.2, 0.25) is 10.0 Å². The molecule has 0 spiro atoms. The van der Waals surface area contributed by atoms with E-state index in [-0.39, 0.29) is 12.5 Å². The largest absolute Gasteiger partial charge is 0.332 e. The highest BCUT2D eigenvalue weighted by Crippen LogP contribution is 2.29. The molecule has 0 saturated heterocycles. The van der Waals surface area contributed by atoms with Crippen LogP contribution in [0.1, 0.15) is 10.4 Å². The fourth-order valence-electron chi connectivity index (χ4n) is 2.28. The van der Waals surface area contributed by atoms with Gasteiger partial charge in [0.05, 0.1) is 22.3 Å². The van der Waals surface area contributed by atoms with Crippen LogP contribution >= 0.6 is 23.2 Å². The third kappa shape index (κ3) is 3.72. The molecule has 0 radical (unpaired) electrons. The highest BCUT2D eigenvalue weighted by molar-refractivity contribution is 6.39. The molecular formula is C16H13Cl2N5O2. The fourth-order valence-corrected chi connectivity index (χ4v) is 2.77. The van der Waals surface area contributed by atoms with E-state index >= 15 is 0 Å². The van der Waals surface area contributed by atoms with Crippen molar-refractivity contribution in [2.75, 3.05) is 18.9 Å². The van der Waals surface area contributed by atoms with Crippen LogP contribution in [0.4, 0.5) is 5.69 Å². The molecule has 2 amide bonds. The Kier molecular flexibility index (Phi) is 4.87. The van der Waals surface area contributed by atoms with Crippen LogP contribution in [0.15, 0.2) is 36.4 Å². The standard InChI is InChI=1S/C16H13Cl2N5O2/c1-23(8-14(24)19-15-10(17)3-2-4-11(15)18)16(25)9-5-6-12-13(7-9)21-22-20-12/h2-7H,8H2,1H3,(H,19,24)(H,20,21,22). The third-order valence-electron chi connectivity index (χ3n) is 3.52. The highest BCUT2D eigenvalue weighted by Gasteiger charge is 2.17. The number of H-pyrrole nitrogens is 1. The first-order valence-corrected chi connectivity index (χ1v) is 8.01. The molecule has 0 aliphatic rings. The molecule has 3 rings (SSSR count). The van der Waals surface area contributed by atoms with Gasteiger partial charge in [-0.05, 0) is 30.3 Å². The van der Waals surface area contributed by atoms with Gasteiger partial charge >= 0.3 is 0 Å². The third-order valence-corrected chi connectivity index (χ3v) is 4.15. The Morgan fingerprint density at radius 3 is 2.52 bits per heavy atom. The van der Waals surface area contributed by atoms with E-state index in [0.717, 1.165) is 0 Å². The maximum Gasteiger partial charge on any atom is 0.254 e. The van der Waals surface area contributed by atoms with E-state index in [1.54, 1.807) is 36.4 Å². The minimum absolute atomic E-state index is 0.156. The Morgan fingerprint density at radius 2 is 1.80 bits per heavy atom. The topological polar surface area (TPSA) is 91.0 Å². The number of hydrogen-bond acceptors (Lipinski definition) is 4. The van der Waals surface area contributed by atoms with E-state index in [2.05, 4.69) is 20.7 Å². The second-order valence-electron chi connectivity index (χ2n) is 5.33. The smallest absolute Gasteiger partial charge is 0.254 e. The Bertz CT molecular complexity index is 936. The minimum Gasteiger partial charge on any atom is -0.332 e. The number of nitrogens with one attached hydrogen (secondary N) is 2. The van der Waals surface area contributed by atoms with Gasteiger partial charge in [-0.15, -0.1) is 0 Å². The molecule has 0 unspecified atom stereocenters. The van der Waals surface area contributed by atoms with Crippen LogP contribution in [0.5, 0.6) is 0 Å². The second-order valence-corrected chi connectivity index (χ2v) is 6.15. The number of halogens is 2. The number of amides is 2. The fraction of sp³-hybridized carbons (Fsp3) is 0.125. The molecule has 7 nitrogen and oxygen atoms in total. The lowest BCUT2D eigenvalue weighted by atomic mass is 10.2. The van der Waals surface area contributed by atoms with Gasteiger partial charge in [-0.1, -0.05) is 29.3 Å². The number of nitrogens with zero attached hydrogens (tertiary/aromatic N) is 3. The first-order valence-electron chi connectivity index (χ1n) is 7.25. The first kappa shape index (κ1) is 17.2. The summed E-state index contributed by atoms with van der Waals surface area (Å²) in [6.45, 7) is -0.156. The molecule has 0 aliphatic heterocycles. The van der Waals surface area contributed by atoms with E-state index in [1.807, 2.05) is 0 Å². The Labute approximate surface area is 152 Å². The average molecular weight is 378 g/mol. The number of aromatic amines is 1. The normalized spacial score (nSPS) is 10.7. The number of anilines is 1. The number of hydrogen-bond donors (Lipinski definition) is 2. The van der Waals surface area contributed by atoms with Crippen LogP contribution in [0.3, 0.4) is 0 Å². The van der Waals surface area contributed by atoms with Crippen molar-refractivity contribution in [1.82, 2.24) is 20.3 Å². The summed E-state index contributed by atoms with van der Waals surface area (Å²) in [6.07, 6.45) is 0. The van der Waals surface area contributed by atoms with Gasteiger partial charge in [-0.3, -0.25) is 9.59 Å². The predicted octanol–water partition coefficient (Wildman–Crippen LogP) is 2.98. The average Bonchev–Trinajstić information content (AvgIpc) is 3.05. The van der Waals surface area contributed by atoms with Crippen molar-refractivity contribution >= 4 is 51.7 Å². The van der Waals surface area contributed by atoms with Gasteiger partial charge in [0.1, 0.15) is 11.0 Å². The van der Waals surface area contributed by atoms with Gasteiger partial charge in [0, 0.05) is 12.6 Å². The molecule has 25 heavy (non-hydrogen) atoms. The SMILES string of the molecule is CN(CC(=O)Nc1c(Cl)cccc1Cl)C(=O)c1ccc2n[nH]nc2c1. The van der Waals surface area contributed by atoms with Crippen molar-refractivity contribution in [3.05, 3.63) is 52.0 Å². The molecule has 1 heterocycles. The van der Waals surface area contributed by atoms with Crippen molar-refractivity contribution in [1.29, 1.82) is 0 Å². The number of aromatic nitrogens is 3. The van der Waals surface area contributed by atoms with Gasteiger partial charge in [0.2, 0.25) is 5.91 Å². The van der Waals surface area contributed by atoms with E-state index < -0.39 is 5.91 Å². The summed E-state index contributed by atoms with van der Waals surface area (Å²) < 4.78 is 0. The van der Waals surface area contributed by atoms with Crippen LogP contribution < -0.4 is 5.32 Å². The number of carbonyl (C=O) groups is 2. The molecule has 2 N–H and O–H groups in total. The number of para-hydroxylation sites is 1. The molecule has 128 valence electrons. The lowest BCUT2D eigenvalue weighted by molar-refractivity contribution is -0.116. The summed E-state index contributed by atoms with van der Waals surface area (Å²) in [7, 11) is 1.53. The molecule has 2 aromatic carbocycles. The summed E-state index contributed by atoms with van der Waals surface area (Å²) in [5.41, 5.74) is 1.96.